The van der Waals surface area contributed by atoms with Crippen molar-refractivity contribution in [2.75, 3.05) is 5.32 Å². The van der Waals surface area contributed by atoms with Gasteiger partial charge in [-0.05, 0) is 18.6 Å². The third kappa shape index (κ3) is 2.67. The Morgan fingerprint density at radius 2 is 1.94 bits per heavy atom. The van der Waals surface area contributed by atoms with Crippen LogP contribution in [0.25, 0.3) is 0 Å². The Morgan fingerprint density at radius 1 is 1.31 bits per heavy atom. The highest BCUT2D eigenvalue weighted by molar-refractivity contribution is 6.39. The molecule has 0 aromatic heterocycles. The molecule has 0 fully saturated rings. The highest BCUT2D eigenvalue weighted by atomic mass is 35.5. The Balaban J connectivity index is 3.09. The van der Waals surface area contributed by atoms with Crippen LogP contribution >= 0.6 is 23.2 Å². The van der Waals surface area contributed by atoms with Gasteiger partial charge in [0.05, 0.1) is 15.7 Å². The molecule has 0 heterocycles. The van der Waals surface area contributed by atoms with E-state index in [-0.39, 0.29) is 5.57 Å². The maximum absolute atomic E-state index is 8.55. The van der Waals surface area contributed by atoms with Crippen molar-refractivity contribution in [2.45, 2.75) is 6.92 Å². The van der Waals surface area contributed by atoms with Crippen LogP contribution in [0.5, 0.6) is 0 Å². The maximum Gasteiger partial charge on any atom is 0.145 e. The van der Waals surface area contributed by atoms with Gasteiger partial charge in [-0.1, -0.05) is 29.3 Å². The van der Waals surface area contributed by atoms with Gasteiger partial charge in [-0.2, -0.15) is 10.5 Å². The van der Waals surface area contributed by atoms with Gasteiger partial charge in [0.1, 0.15) is 17.7 Å². The second-order valence-electron chi connectivity index (χ2n) is 2.98. The van der Waals surface area contributed by atoms with Gasteiger partial charge < -0.3 is 5.32 Å². The van der Waals surface area contributed by atoms with Crippen molar-refractivity contribution in [3.63, 3.8) is 0 Å². The molecule has 1 N–H and O–H groups in total. The maximum atomic E-state index is 8.55. The van der Waals surface area contributed by atoms with Crippen molar-refractivity contribution in [2.24, 2.45) is 0 Å². The molecule has 0 aliphatic rings. The second kappa shape index (κ2) is 5.42. The smallest absolute Gasteiger partial charge is 0.145 e. The fourth-order valence-electron chi connectivity index (χ4n) is 1.02. The number of aryl methyl sites for hydroxylation is 1. The van der Waals surface area contributed by atoms with E-state index in [2.05, 4.69) is 5.32 Å². The molecule has 0 radical (unpaired) electrons. The van der Waals surface area contributed by atoms with Crippen molar-refractivity contribution >= 4 is 28.9 Å². The lowest BCUT2D eigenvalue weighted by Crippen LogP contribution is -1.93. The average molecular weight is 252 g/mol. The largest absolute Gasteiger partial charge is 0.357 e. The molecule has 0 unspecified atom stereocenters. The average Bonchev–Trinajstić information content (AvgIpc) is 2.29. The van der Waals surface area contributed by atoms with Gasteiger partial charge in [-0.15, -0.1) is 0 Å². The minimum absolute atomic E-state index is 0.0476. The Labute approximate surface area is 104 Å². The van der Waals surface area contributed by atoms with Crippen LogP contribution in [0.4, 0.5) is 5.69 Å². The van der Waals surface area contributed by atoms with Crippen molar-refractivity contribution in [3.05, 3.63) is 39.5 Å². The molecule has 1 aromatic carbocycles. The summed E-state index contributed by atoms with van der Waals surface area (Å²) < 4.78 is 0. The van der Waals surface area contributed by atoms with E-state index in [1.54, 1.807) is 24.3 Å². The number of allylic oxidation sites excluding steroid dienone is 1. The molecule has 0 saturated heterocycles. The predicted molar refractivity (Wildman–Crippen MR) is 64.1 cm³/mol. The number of nitriles is 2. The summed E-state index contributed by atoms with van der Waals surface area (Å²) in [6, 6.07) is 6.93. The van der Waals surface area contributed by atoms with E-state index in [4.69, 9.17) is 33.7 Å². The van der Waals surface area contributed by atoms with E-state index in [0.717, 1.165) is 5.56 Å². The van der Waals surface area contributed by atoms with Crippen LogP contribution in [0.3, 0.4) is 0 Å². The van der Waals surface area contributed by atoms with Gasteiger partial charge >= 0.3 is 0 Å². The lowest BCUT2D eigenvalue weighted by atomic mass is 10.2. The first-order valence-corrected chi connectivity index (χ1v) is 5.07. The zero-order valence-corrected chi connectivity index (χ0v) is 9.89. The molecule has 0 aliphatic carbocycles. The molecule has 0 bridgehead atoms. The molecular formula is C11H7Cl2N3. The Hall–Kier alpha value is -1.68. The lowest BCUT2D eigenvalue weighted by molar-refractivity contribution is 1.42. The van der Waals surface area contributed by atoms with Gasteiger partial charge in [0.25, 0.3) is 0 Å². The molecule has 80 valence electrons. The minimum Gasteiger partial charge on any atom is -0.357 e. The first-order chi connectivity index (χ1) is 7.60. The van der Waals surface area contributed by atoms with E-state index >= 15 is 0 Å². The third-order valence-electron chi connectivity index (χ3n) is 1.89. The summed E-state index contributed by atoms with van der Waals surface area (Å²) in [5.74, 6) is 0. The van der Waals surface area contributed by atoms with Gasteiger partial charge in [-0.3, -0.25) is 0 Å². The first kappa shape index (κ1) is 12.4. The van der Waals surface area contributed by atoms with Crippen molar-refractivity contribution < 1.29 is 0 Å². The fourth-order valence-corrected chi connectivity index (χ4v) is 1.50. The molecule has 16 heavy (non-hydrogen) atoms. The molecule has 0 atom stereocenters. The zero-order chi connectivity index (χ0) is 12.1. The normalized spacial score (nSPS) is 8.81. The number of rotatable bonds is 2. The Morgan fingerprint density at radius 3 is 2.50 bits per heavy atom. The standard InChI is InChI=1S/C11H7Cl2N3/c1-7-2-3-9(12)11(10(7)13)16-6-8(4-14)5-15/h2-3,6,16H,1H3. The molecule has 0 saturated carbocycles. The highest BCUT2D eigenvalue weighted by Crippen LogP contribution is 2.32. The van der Waals surface area contributed by atoms with E-state index in [9.17, 15) is 0 Å². The molecule has 1 rings (SSSR count). The molecule has 5 heteroatoms. The number of nitrogens with zero attached hydrogens (tertiary/aromatic N) is 2. The topological polar surface area (TPSA) is 59.6 Å². The van der Waals surface area contributed by atoms with E-state index in [1.165, 1.54) is 6.20 Å². The van der Waals surface area contributed by atoms with Crippen LogP contribution in [0.15, 0.2) is 23.9 Å². The summed E-state index contributed by atoms with van der Waals surface area (Å²) >= 11 is 12.0. The number of benzene rings is 1. The second-order valence-corrected chi connectivity index (χ2v) is 3.76. The first-order valence-electron chi connectivity index (χ1n) is 4.31. The SMILES string of the molecule is Cc1ccc(Cl)c(NC=C(C#N)C#N)c1Cl. The summed E-state index contributed by atoms with van der Waals surface area (Å²) in [6.45, 7) is 1.84. The van der Waals surface area contributed by atoms with Gasteiger partial charge in [-0.25, -0.2) is 0 Å². The molecule has 3 nitrogen and oxygen atoms in total. The fraction of sp³-hybridized carbons (Fsp3) is 0.0909. The van der Waals surface area contributed by atoms with E-state index in [1.807, 2.05) is 6.92 Å². The quantitative estimate of drug-likeness (QED) is 0.817. The van der Waals surface area contributed by atoms with Crippen LogP contribution in [-0.4, -0.2) is 0 Å². The number of anilines is 1. The number of hydrogen-bond donors (Lipinski definition) is 1. The summed E-state index contributed by atoms with van der Waals surface area (Å²) in [7, 11) is 0. The monoisotopic (exact) mass is 251 g/mol. The summed E-state index contributed by atoms with van der Waals surface area (Å²) in [5, 5.41) is 20.8. The van der Waals surface area contributed by atoms with Crippen LogP contribution < -0.4 is 5.32 Å². The van der Waals surface area contributed by atoms with Crippen molar-refractivity contribution in [1.82, 2.24) is 0 Å². The van der Waals surface area contributed by atoms with Gasteiger partial charge in [0.2, 0.25) is 0 Å². The Kier molecular flexibility index (Phi) is 4.19. The number of nitrogens with one attached hydrogen (secondary N) is 1. The molecule has 0 aliphatic heterocycles. The predicted octanol–water partition coefficient (Wildman–Crippen LogP) is 3.64. The summed E-state index contributed by atoms with van der Waals surface area (Å²) in [4.78, 5) is 0. The zero-order valence-electron chi connectivity index (χ0n) is 8.38. The molecule has 1 aromatic rings. The van der Waals surface area contributed by atoms with E-state index in [0.29, 0.717) is 15.7 Å². The molecule has 0 amide bonds. The summed E-state index contributed by atoms with van der Waals surface area (Å²) in [6.07, 6.45) is 1.27. The van der Waals surface area contributed by atoms with Crippen LogP contribution in [0.1, 0.15) is 5.56 Å². The Bertz CT molecular complexity index is 505. The lowest BCUT2D eigenvalue weighted by Gasteiger charge is -2.08. The van der Waals surface area contributed by atoms with Crippen molar-refractivity contribution in [1.29, 1.82) is 10.5 Å². The van der Waals surface area contributed by atoms with Gasteiger partial charge in [0.15, 0.2) is 0 Å². The molecular weight excluding hydrogens is 245 g/mol. The third-order valence-corrected chi connectivity index (χ3v) is 2.69. The number of halogens is 2. The minimum atomic E-state index is -0.0476. The van der Waals surface area contributed by atoms with Crippen LogP contribution in [-0.2, 0) is 0 Å². The van der Waals surface area contributed by atoms with Gasteiger partial charge in [0, 0.05) is 6.20 Å². The summed E-state index contributed by atoms with van der Waals surface area (Å²) in [5.41, 5.74) is 1.30. The van der Waals surface area contributed by atoms with Crippen molar-refractivity contribution in [3.8, 4) is 12.1 Å². The van der Waals surface area contributed by atoms with E-state index < -0.39 is 0 Å². The van der Waals surface area contributed by atoms with Crippen LogP contribution in [0.2, 0.25) is 10.0 Å². The molecule has 0 spiro atoms. The highest BCUT2D eigenvalue weighted by Gasteiger charge is 2.07. The van der Waals surface area contributed by atoms with Crippen LogP contribution in [0, 0.1) is 29.6 Å². The number of hydrogen-bond acceptors (Lipinski definition) is 3.